The standard InChI is InChI=1S/C22H18ClN3OS/c1-13-19(21(27)25-18-12-5-4-11-17(18)23)20(26-22(28)24-13)16-10-6-8-14-7-2-3-9-15(14)16/h2-12,20H,1H3,(H,25,27)(H2,24,26,28). The maximum absolute atomic E-state index is 13.2. The summed E-state index contributed by atoms with van der Waals surface area (Å²) in [5.41, 5.74) is 2.85. The van der Waals surface area contributed by atoms with Gasteiger partial charge in [-0.25, -0.2) is 0 Å². The minimum atomic E-state index is -0.373. The summed E-state index contributed by atoms with van der Waals surface area (Å²) in [5, 5.41) is 12.4. The molecule has 0 spiro atoms. The number of para-hydroxylation sites is 1. The van der Waals surface area contributed by atoms with Crippen molar-refractivity contribution >= 4 is 51.3 Å². The lowest BCUT2D eigenvalue weighted by Gasteiger charge is -2.31. The van der Waals surface area contributed by atoms with Gasteiger partial charge in [-0.2, -0.15) is 0 Å². The van der Waals surface area contributed by atoms with E-state index in [0.717, 1.165) is 16.3 Å². The SMILES string of the molecule is CC1=C(C(=O)Nc2ccccc2Cl)C(c2cccc3ccccc23)NC(=S)N1. The fraction of sp³-hybridized carbons (Fsp3) is 0.0909. The summed E-state index contributed by atoms with van der Waals surface area (Å²) in [7, 11) is 0. The van der Waals surface area contributed by atoms with Crippen LogP contribution in [0.5, 0.6) is 0 Å². The summed E-state index contributed by atoms with van der Waals surface area (Å²) in [4.78, 5) is 13.2. The van der Waals surface area contributed by atoms with E-state index >= 15 is 0 Å². The van der Waals surface area contributed by atoms with Gasteiger partial charge in [0.15, 0.2) is 5.11 Å². The average molecular weight is 408 g/mol. The zero-order valence-electron chi connectivity index (χ0n) is 15.1. The number of halogens is 1. The molecule has 3 N–H and O–H groups in total. The van der Waals surface area contributed by atoms with Crippen LogP contribution in [0.25, 0.3) is 10.8 Å². The molecule has 3 aromatic carbocycles. The van der Waals surface area contributed by atoms with Gasteiger partial charge in [0.25, 0.3) is 5.91 Å². The van der Waals surface area contributed by atoms with E-state index in [1.54, 1.807) is 12.1 Å². The number of hydrogen-bond acceptors (Lipinski definition) is 2. The quantitative estimate of drug-likeness (QED) is 0.539. The maximum atomic E-state index is 13.2. The lowest BCUT2D eigenvalue weighted by Crippen LogP contribution is -2.45. The second kappa shape index (κ2) is 7.62. The Morgan fingerprint density at radius 3 is 2.57 bits per heavy atom. The number of carbonyl (C=O) groups excluding carboxylic acids is 1. The van der Waals surface area contributed by atoms with Crippen LogP contribution in [0, 0.1) is 0 Å². The summed E-state index contributed by atoms with van der Waals surface area (Å²) in [5.74, 6) is -0.231. The monoisotopic (exact) mass is 407 g/mol. The van der Waals surface area contributed by atoms with E-state index in [0.29, 0.717) is 27.1 Å². The number of anilines is 1. The highest BCUT2D eigenvalue weighted by molar-refractivity contribution is 7.80. The highest BCUT2D eigenvalue weighted by atomic mass is 35.5. The molecule has 0 saturated carbocycles. The highest BCUT2D eigenvalue weighted by Gasteiger charge is 2.31. The summed E-state index contributed by atoms with van der Waals surface area (Å²) in [6, 6.07) is 21.0. The Morgan fingerprint density at radius 1 is 1.04 bits per heavy atom. The molecule has 0 aromatic heterocycles. The fourth-order valence-corrected chi connectivity index (χ4v) is 3.94. The fourth-order valence-electron chi connectivity index (χ4n) is 3.48. The van der Waals surface area contributed by atoms with Crippen molar-refractivity contribution in [1.29, 1.82) is 0 Å². The number of amides is 1. The van der Waals surface area contributed by atoms with E-state index in [4.69, 9.17) is 23.8 Å². The molecule has 6 heteroatoms. The van der Waals surface area contributed by atoms with Crippen molar-refractivity contribution in [2.24, 2.45) is 0 Å². The first-order valence-corrected chi connectivity index (χ1v) is 9.65. The van der Waals surface area contributed by atoms with E-state index in [2.05, 4.69) is 34.1 Å². The lowest BCUT2D eigenvalue weighted by molar-refractivity contribution is -0.113. The number of nitrogens with one attached hydrogen (secondary N) is 3. The first-order valence-electron chi connectivity index (χ1n) is 8.86. The minimum Gasteiger partial charge on any atom is -0.351 e. The van der Waals surface area contributed by atoms with Crippen LogP contribution in [0.3, 0.4) is 0 Å². The molecule has 0 aliphatic carbocycles. The molecule has 1 aliphatic heterocycles. The van der Waals surface area contributed by atoms with Gasteiger partial charge in [0.1, 0.15) is 0 Å². The van der Waals surface area contributed by atoms with Gasteiger partial charge in [-0.3, -0.25) is 4.79 Å². The Morgan fingerprint density at radius 2 is 1.75 bits per heavy atom. The topological polar surface area (TPSA) is 53.2 Å². The molecular weight excluding hydrogens is 390 g/mol. The van der Waals surface area contributed by atoms with Crippen LogP contribution in [0.4, 0.5) is 5.69 Å². The first kappa shape index (κ1) is 18.5. The summed E-state index contributed by atoms with van der Waals surface area (Å²) >= 11 is 11.6. The molecule has 28 heavy (non-hydrogen) atoms. The molecule has 3 aromatic rings. The van der Waals surface area contributed by atoms with E-state index in [-0.39, 0.29) is 11.9 Å². The second-order valence-electron chi connectivity index (χ2n) is 6.57. The number of hydrogen-bond donors (Lipinski definition) is 3. The Labute approximate surface area is 173 Å². The lowest BCUT2D eigenvalue weighted by atomic mass is 9.91. The summed E-state index contributed by atoms with van der Waals surface area (Å²) < 4.78 is 0. The van der Waals surface area contributed by atoms with Crippen molar-refractivity contribution in [3.05, 3.63) is 88.6 Å². The molecule has 0 fully saturated rings. The van der Waals surface area contributed by atoms with E-state index in [1.807, 2.05) is 43.3 Å². The van der Waals surface area contributed by atoms with E-state index in [9.17, 15) is 4.79 Å². The molecule has 0 bridgehead atoms. The molecule has 1 amide bonds. The van der Waals surface area contributed by atoms with Crippen molar-refractivity contribution in [2.45, 2.75) is 13.0 Å². The van der Waals surface area contributed by atoms with Gasteiger partial charge in [0, 0.05) is 5.70 Å². The number of allylic oxidation sites excluding steroid dienone is 1. The zero-order valence-corrected chi connectivity index (χ0v) is 16.7. The van der Waals surface area contributed by atoms with Crippen molar-refractivity contribution < 1.29 is 4.79 Å². The van der Waals surface area contributed by atoms with Gasteiger partial charge < -0.3 is 16.0 Å². The second-order valence-corrected chi connectivity index (χ2v) is 7.39. The first-order chi connectivity index (χ1) is 13.5. The average Bonchev–Trinajstić information content (AvgIpc) is 2.68. The van der Waals surface area contributed by atoms with Crippen molar-refractivity contribution in [3.8, 4) is 0 Å². The van der Waals surface area contributed by atoms with Gasteiger partial charge in [0.2, 0.25) is 0 Å². The summed E-state index contributed by atoms with van der Waals surface area (Å²) in [6.07, 6.45) is 0. The molecule has 4 rings (SSSR count). The van der Waals surface area contributed by atoms with Crippen LogP contribution in [-0.2, 0) is 4.79 Å². The van der Waals surface area contributed by atoms with Crippen LogP contribution in [0.15, 0.2) is 78.0 Å². The number of benzene rings is 3. The maximum Gasteiger partial charge on any atom is 0.255 e. The Balaban J connectivity index is 1.79. The predicted molar refractivity (Wildman–Crippen MR) is 118 cm³/mol. The third-order valence-electron chi connectivity index (χ3n) is 4.77. The highest BCUT2D eigenvalue weighted by Crippen LogP contribution is 2.33. The van der Waals surface area contributed by atoms with Gasteiger partial charge in [-0.15, -0.1) is 0 Å². The third kappa shape index (κ3) is 3.46. The molecule has 1 atom stereocenters. The Kier molecular flexibility index (Phi) is 5.03. The number of rotatable bonds is 3. The summed E-state index contributed by atoms with van der Waals surface area (Å²) in [6.45, 7) is 1.85. The molecule has 1 unspecified atom stereocenters. The van der Waals surface area contributed by atoms with Crippen molar-refractivity contribution in [2.75, 3.05) is 5.32 Å². The Bertz CT molecular complexity index is 1120. The van der Waals surface area contributed by atoms with E-state index < -0.39 is 0 Å². The third-order valence-corrected chi connectivity index (χ3v) is 5.32. The molecule has 1 heterocycles. The number of fused-ring (bicyclic) bond motifs is 1. The number of carbonyl (C=O) groups is 1. The number of thiocarbonyl (C=S) groups is 1. The van der Waals surface area contributed by atoms with Crippen molar-refractivity contribution in [1.82, 2.24) is 10.6 Å². The molecule has 140 valence electrons. The van der Waals surface area contributed by atoms with Crippen molar-refractivity contribution in [3.63, 3.8) is 0 Å². The van der Waals surface area contributed by atoms with Crippen LogP contribution in [-0.4, -0.2) is 11.0 Å². The van der Waals surface area contributed by atoms with Crippen LogP contribution in [0.1, 0.15) is 18.5 Å². The molecule has 4 nitrogen and oxygen atoms in total. The van der Waals surface area contributed by atoms with Gasteiger partial charge in [0.05, 0.1) is 22.3 Å². The molecule has 1 aliphatic rings. The zero-order chi connectivity index (χ0) is 19.7. The van der Waals surface area contributed by atoms with Crippen LogP contribution >= 0.6 is 23.8 Å². The van der Waals surface area contributed by atoms with Crippen LogP contribution in [0.2, 0.25) is 5.02 Å². The Hall–Kier alpha value is -2.89. The van der Waals surface area contributed by atoms with Gasteiger partial charge in [-0.05, 0) is 47.6 Å². The van der Waals surface area contributed by atoms with E-state index in [1.165, 1.54) is 0 Å². The minimum absolute atomic E-state index is 0.231. The largest absolute Gasteiger partial charge is 0.351 e. The normalized spacial score (nSPS) is 16.5. The molecular formula is C22H18ClN3OS. The predicted octanol–water partition coefficient (Wildman–Crippen LogP) is 4.92. The smallest absolute Gasteiger partial charge is 0.255 e. The van der Waals surface area contributed by atoms with Gasteiger partial charge in [-0.1, -0.05) is 66.2 Å². The van der Waals surface area contributed by atoms with Gasteiger partial charge >= 0.3 is 0 Å². The molecule has 0 saturated heterocycles. The van der Waals surface area contributed by atoms with Crippen LogP contribution < -0.4 is 16.0 Å². The molecule has 0 radical (unpaired) electrons.